The number of alkyl carbamates (subject to hydrolysis) is 1. The van der Waals surface area contributed by atoms with Crippen molar-refractivity contribution in [1.29, 1.82) is 0 Å². The summed E-state index contributed by atoms with van der Waals surface area (Å²) >= 11 is 4.25. The van der Waals surface area contributed by atoms with E-state index in [2.05, 4.69) is 23.3 Å². The summed E-state index contributed by atoms with van der Waals surface area (Å²) in [5.41, 5.74) is 0.0491. The highest BCUT2D eigenvalue weighted by Crippen LogP contribution is 2.31. The highest BCUT2D eigenvalue weighted by molar-refractivity contribution is 7.80. The number of nitrogens with one attached hydrogen (secondary N) is 2. The number of nitrogens with zero attached hydrogens (tertiary/aromatic N) is 1. The van der Waals surface area contributed by atoms with Crippen LogP contribution < -0.4 is 10.6 Å². The van der Waals surface area contributed by atoms with Crippen LogP contribution in [0, 0.1) is 0 Å². The van der Waals surface area contributed by atoms with Crippen LogP contribution in [0.4, 0.5) is 10.5 Å². The lowest BCUT2D eigenvalue weighted by molar-refractivity contribution is -0.140. The first kappa shape index (κ1) is 27.9. The molecule has 0 aliphatic carbocycles. The second-order valence-corrected chi connectivity index (χ2v) is 9.88. The van der Waals surface area contributed by atoms with Crippen LogP contribution in [0.2, 0.25) is 0 Å². The van der Waals surface area contributed by atoms with Crippen LogP contribution in [-0.4, -0.2) is 51.9 Å². The first-order valence-corrected chi connectivity index (χ1v) is 12.7. The highest BCUT2D eigenvalue weighted by Gasteiger charge is 2.36. The number of anilines is 1. The van der Waals surface area contributed by atoms with Gasteiger partial charge in [-0.25, -0.2) is 4.79 Å². The van der Waals surface area contributed by atoms with Gasteiger partial charge in [-0.1, -0.05) is 48.5 Å². The molecule has 0 aromatic heterocycles. The number of aromatic hydroxyl groups is 1. The average Bonchev–Trinajstić information content (AvgIpc) is 2.84. The van der Waals surface area contributed by atoms with Gasteiger partial charge in [0.15, 0.2) is 0 Å². The Labute approximate surface area is 222 Å². The number of rotatable bonds is 8. The van der Waals surface area contributed by atoms with Crippen LogP contribution in [0.5, 0.6) is 5.75 Å². The summed E-state index contributed by atoms with van der Waals surface area (Å²) in [6.45, 7) is 7.00. The molecule has 2 atom stereocenters. The minimum Gasteiger partial charge on any atom is -0.508 e. The van der Waals surface area contributed by atoms with Gasteiger partial charge in [0.1, 0.15) is 23.4 Å². The van der Waals surface area contributed by atoms with Crippen molar-refractivity contribution in [2.75, 3.05) is 17.6 Å². The second-order valence-electron chi connectivity index (χ2n) is 9.52. The molecule has 8 nitrogen and oxygen atoms in total. The molecule has 3 amide bonds. The van der Waals surface area contributed by atoms with Gasteiger partial charge < -0.3 is 25.4 Å². The Bertz CT molecular complexity index is 1270. The molecule has 0 saturated heterocycles. The van der Waals surface area contributed by atoms with Crippen LogP contribution in [-0.2, 0) is 14.3 Å². The Morgan fingerprint density at radius 3 is 2.27 bits per heavy atom. The fourth-order valence-electron chi connectivity index (χ4n) is 3.95. The van der Waals surface area contributed by atoms with Gasteiger partial charge in [0.25, 0.3) is 5.91 Å². The molecule has 3 N–H and O–H groups in total. The third-order valence-corrected chi connectivity index (χ3v) is 5.97. The number of hydrogen-bond acceptors (Lipinski definition) is 6. The average molecular weight is 524 g/mol. The molecule has 0 aliphatic heterocycles. The van der Waals surface area contributed by atoms with E-state index in [1.54, 1.807) is 52.0 Å². The topological polar surface area (TPSA) is 108 Å². The van der Waals surface area contributed by atoms with E-state index in [0.717, 1.165) is 10.8 Å². The Morgan fingerprint density at radius 1 is 1.00 bits per heavy atom. The predicted molar refractivity (Wildman–Crippen MR) is 148 cm³/mol. The van der Waals surface area contributed by atoms with Gasteiger partial charge in [-0.05, 0) is 56.7 Å². The predicted octanol–water partition coefficient (Wildman–Crippen LogP) is 4.90. The third-order valence-electron chi connectivity index (χ3n) is 5.60. The number of likely N-dealkylation sites (N-methyl/N-ethyl adjacent to an activating group) is 1. The van der Waals surface area contributed by atoms with E-state index in [-0.39, 0.29) is 23.6 Å². The zero-order valence-corrected chi connectivity index (χ0v) is 22.3. The minimum absolute atomic E-state index is 0.0195. The summed E-state index contributed by atoms with van der Waals surface area (Å²) < 4.78 is 5.29. The van der Waals surface area contributed by atoms with Crippen LogP contribution in [0.1, 0.15) is 39.3 Å². The van der Waals surface area contributed by atoms with E-state index in [1.165, 1.54) is 11.0 Å². The SMILES string of the molecule is CCN(C(=O)C(CS)NC(=O)OC(C)(C)C)C(C(=O)Nc1ccc2ccccc2c1)c1ccccc1O. The molecule has 196 valence electrons. The van der Waals surface area contributed by atoms with Crippen LogP contribution in [0.3, 0.4) is 0 Å². The number of amides is 3. The first-order valence-electron chi connectivity index (χ1n) is 12.0. The van der Waals surface area contributed by atoms with Crippen molar-refractivity contribution in [3.05, 3.63) is 72.3 Å². The maximum absolute atomic E-state index is 13.7. The van der Waals surface area contributed by atoms with Crippen molar-refractivity contribution in [1.82, 2.24) is 10.2 Å². The number of fused-ring (bicyclic) bond motifs is 1. The van der Waals surface area contributed by atoms with E-state index in [0.29, 0.717) is 5.69 Å². The normalized spacial score (nSPS) is 12.9. The Kier molecular flexibility index (Phi) is 9.04. The van der Waals surface area contributed by atoms with Crippen molar-refractivity contribution >= 4 is 47.0 Å². The van der Waals surface area contributed by atoms with Gasteiger partial charge >= 0.3 is 6.09 Å². The summed E-state index contributed by atoms with van der Waals surface area (Å²) in [6.07, 6.45) is -0.768. The Hall–Kier alpha value is -3.72. The summed E-state index contributed by atoms with van der Waals surface area (Å²) in [6, 6.07) is 17.4. The molecule has 0 saturated carbocycles. The number of carbonyl (C=O) groups excluding carboxylic acids is 3. The van der Waals surface area contributed by atoms with Crippen molar-refractivity contribution in [3.8, 4) is 5.75 Å². The highest BCUT2D eigenvalue weighted by atomic mass is 32.1. The molecule has 0 heterocycles. The van der Waals surface area contributed by atoms with Gasteiger partial charge in [-0.3, -0.25) is 9.59 Å². The Balaban J connectivity index is 1.93. The fourth-order valence-corrected chi connectivity index (χ4v) is 4.20. The lowest BCUT2D eigenvalue weighted by Crippen LogP contribution is -2.53. The third kappa shape index (κ3) is 7.16. The molecule has 37 heavy (non-hydrogen) atoms. The van der Waals surface area contributed by atoms with E-state index in [9.17, 15) is 19.5 Å². The summed E-state index contributed by atoms with van der Waals surface area (Å²) in [4.78, 5) is 41.0. The number of ether oxygens (including phenoxy) is 1. The fraction of sp³-hybridized carbons (Fsp3) is 0.321. The summed E-state index contributed by atoms with van der Waals surface area (Å²) in [7, 11) is 0. The molecule has 0 spiro atoms. The minimum atomic E-state index is -1.17. The second kappa shape index (κ2) is 12.0. The van der Waals surface area contributed by atoms with Gasteiger partial charge in [0.2, 0.25) is 5.91 Å². The van der Waals surface area contributed by atoms with Crippen molar-refractivity contribution in [2.45, 2.75) is 45.4 Å². The first-order chi connectivity index (χ1) is 17.5. The molecular weight excluding hydrogens is 490 g/mol. The Morgan fingerprint density at radius 2 is 1.65 bits per heavy atom. The lowest BCUT2D eigenvalue weighted by atomic mass is 10.0. The molecule has 3 aromatic carbocycles. The van der Waals surface area contributed by atoms with Gasteiger partial charge in [-0.2, -0.15) is 12.6 Å². The largest absolute Gasteiger partial charge is 0.508 e. The van der Waals surface area contributed by atoms with Crippen LogP contribution in [0.15, 0.2) is 66.7 Å². The number of phenolic OH excluding ortho intramolecular Hbond substituents is 1. The van der Waals surface area contributed by atoms with Crippen molar-refractivity contribution in [3.63, 3.8) is 0 Å². The molecule has 3 aromatic rings. The molecule has 0 radical (unpaired) electrons. The lowest BCUT2D eigenvalue weighted by Gasteiger charge is -2.33. The van der Waals surface area contributed by atoms with Gasteiger partial charge in [0.05, 0.1) is 0 Å². The van der Waals surface area contributed by atoms with Gasteiger partial charge in [-0.15, -0.1) is 0 Å². The smallest absolute Gasteiger partial charge is 0.408 e. The quantitative estimate of drug-likeness (QED) is 0.314. The molecule has 2 unspecified atom stereocenters. The van der Waals surface area contributed by atoms with E-state index < -0.39 is 35.6 Å². The molecular formula is C28H33N3O5S. The molecule has 0 aliphatic rings. The van der Waals surface area contributed by atoms with Crippen molar-refractivity contribution < 1.29 is 24.2 Å². The zero-order chi connectivity index (χ0) is 27.2. The van der Waals surface area contributed by atoms with Crippen LogP contribution in [0.25, 0.3) is 10.8 Å². The molecule has 9 heteroatoms. The monoisotopic (exact) mass is 523 g/mol. The number of phenols is 1. The summed E-state index contributed by atoms with van der Waals surface area (Å²) in [5.74, 6) is -1.20. The maximum atomic E-state index is 13.7. The molecule has 0 bridgehead atoms. The standard InChI is InChI=1S/C28H33N3O5S/c1-5-31(26(34)22(17-37)30-27(35)36-28(2,3)4)24(21-12-8-9-13-23(21)32)25(33)29-20-15-14-18-10-6-7-11-19(18)16-20/h6-16,22,24,32,37H,5,17H2,1-4H3,(H,29,33)(H,30,35). The molecule has 3 rings (SSSR count). The maximum Gasteiger partial charge on any atom is 0.408 e. The van der Waals surface area contributed by atoms with E-state index in [1.807, 2.05) is 36.4 Å². The van der Waals surface area contributed by atoms with E-state index in [4.69, 9.17) is 4.74 Å². The summed E-state index contributed by atoms with van der Waals surface area (Å²) in [5, 5.41) is 18.0. The van der Waals surface area contributed by atoms with E-state index >= 15 is 0 Å². The number of hydrogen-bond donors (Lipinski definition) is 4. The molecule has 0 fully saturated rings. The van der Waals surface area contributed by atoms with Crippen LogP contribution >= 0.6 is 12.6 Å². The number of benzene rings is 3. The zero-order valence-electron chi connectivity index (χ0n) is 21.4. The number of carbonyl (C=O) groups is 3. The van der Waals surface area contributed by atoms with Crippen molar-refractivity contribution in [2.24, 2.45) is 0 Å². The number of thiol groups is 1. The number of para-hydroxylation sites is 1. The van der Waals surface area contributed by atoms with Gasteiger partial charge in [0, 0.05) is 23.5 Å².